The highest BCUT2D eigenvalue weighted by Crippen LogP contribution is 2.10. The third-order valence-corrected chi connectivity index (χ3v) is 4.04. The monoisotopic (exact) mass is 303 g/mol. The van der Waals surface area contributed by atoms with Crippen LogP contribution in [0.1, 0.15) is 31.2 Å². The van der Waals surface area contributed by atoms with Crippen LogP contribution in [0.3, 0.4) is 0 Å². The largest absolute Gasteiger partial charge is 0.369 e. The van der Waals surface area contributed by atoms with E-state index in [-0.39, 0.29) is 17.9 Å². The maximum atomic E-state index is 12.0. The Hall–Kier alpha value is -1.88. The van der Waals surface area contributed by atoms with Gasteiger partial charge in [0.25, 0.3) is 0 Å². The summed E-state index contributed by atoms with van der Waals surface area (Å²) >= 11 is 0. The number of amides is 2. The molecule has 1 aliphatic rings. The van der Waals surface area contributed by atoms with Crippen LogP contribution in [0, 0.1) is 0 Å². The van der Waals surface area contributed by atoms with Gasteiger partial charge < -0.3 is 11.1 Å². The summed E-state index contributed by atoms with van der Waals surface area (Å²) in [5.74, 6) is -0.160. The van der Waals surface area contributed by atoms with E-state index < -0.39 is 0 Å². The summed E-state index contributed by atoms with van der Waals surface area (Å²) in [5.41, 5.74) is 6.46. The van der Waals surface area contributed by atoms with Crippen molar-refractivity contribution in [2.45, 2.75) is 38.1 Å². The Morgan fingerprint density at radius 1 is 1.18 bits per heavy atom. The maximum absolute atomic E-state index is 12.0. The van der Waals surface area contributed by atoms with E-state index in [4.69, 9.17) is 5.73 Å². The lowest BCUT2D eigenvalue weighted by atomic mass is 10.0. The van der Waals surface area contributed by atoms with Crippen LogP contribution in [0.15, 0.2) is 30.3 Å². The summed E-state index contributed by atoms with van der Waals surface area (Å²) in [7, 11) is 0. The number of carbonyl (C=O) groups is 2. The molecule has 1 aromatic rings. The second kappa shape index (κ2) is 8.54. The zero-order valence-electron chi connectivity index (χ0n) is 13.0. The van der Waals surface area contributed by atoms with Crippen molar-refractivity contribution in [1.82, 2.24) is 10.2 Å². The van der Waals surface area contributed by atoms with Gasteiger partial charge in [0, 0.05) is 25.6 Å². The fourth-order valence-electron chi connectivity index (χ4n) is 2.85. The number of carbonyl (C=O) groups excluding carboxylic acids is 2. The van der Waals surface area contributed by atoms with Crippen molar-refractivity contribution in [2.24, 2.45) is 5.73 Å². The highest BCUT2D eigenvalue weighted by molar-refractivity contribution is 5.76. The minimum atomic E-state index is -0.289. The van der Waals surface area contributed by atoms with E-state index in [9.17, 15) is 9.59 Å². The summed E-state index contributed by atoms with van der Waals surface area (Å²) in [6.07, 6.45) is 4.15. The van der Waals surface area contributed by atoms with Crippen LogP contribution in [0.25, 0.3) is 0 Å². The Morgan fingerprint density at radius 3 is 2.50 bits per heavy atom. The zero-order valence-corrected chi connectivity index (χ0v) is 13.0. The van der Waals surface area contributed by atoms with Gasteiger partial charge in [0.2, 0.25) is 11.8 Å². The van der Waals surface area contributed by atoms with Crippen molar-refractivity contribution >= 4 is 11.8 Å². The molecule has 1 fully saturated rings. The van der Waals surface area contributed by atoms with Crippen molar-refractivity contribution in [1.29, 1.82) is 0 Å². The lowest BCUT2D eigenvalue weighted by Gasteiger charge is -2.31. The van der Waals surface area contributed by atoms with Crippen molar-refractivity contribution < 1.29 is 9.59 Å². The molecule has 0 spiro atoms. The molecule has 0 unspecified atom stereocenters. The lowest BCUT2D eigenvalue weighted by molar-refractivity contribution is -0.123. The molecule has 1 aromatic carbocycles. The van der Waals surface area contributed by atoms with Gasteiger partial charge >= 0.3 is 0 Å². The number of piperidine rings is 1. The molecule has 120 valence electrons. The number of nitrogens with two attached hydrogens (primary N) is 1. The zero-order chi connectivity index (χ0) is 15.8. The first-order valence-corrected chi connectivity index (χ1v) is 7.97. The molecular weight excluding hydrogens is 278 g/mol. The van der Waals surface area contributed by atoms with Crippen molar-refractivity contribution in [3.05, 3.63) is 35.9 Å². The second-order valence-electron chi connectivity index (χ2n) is 5.92. The van der Waals surface area contributed by atoms with Gasteiger partial charge in [0.15, 0.2) is 0 Å². The molecule has 1 saturated heterocycles. The summed E-state index contributed by atoms with van der Waals surface area (Å²) in [4.78, 5) is 24.9. The standard InChI is InChI=1S/C17H25N3O2/c18-16(21)13-20-11-9-15(10-12-20)19-17(22)8-4-7-14-5-2-1-3-6-14/h1-3,5-6,15H,4,7-13H2,(H2,18,21)(H,19,22). The van der Waals surface area contributed by atoms with Gasteiger partial charge in [-0.15, -0.1) is 0 Å². The lowest BCUT2D eigenvalue weighted by Crippen LogP contribution is -2.46. The van der Waals surface area contributed by atoms with Crippen LogP contribution in [-0.2, 0) is 16.0 Å². The van der Waals surface area contributed by atoms with Gasteiger partial charge in [0.05, 0.1) is 6.54 Å². The normalized spacial score (nSPS) is 16.4. The molecular formula is C17H25N3O2. The third-order valence-electron chi connectivity index (χ3n) is 4.04. The number of likely N-dealkylation sites (tertiary alicyclic amines) is 1. The number of nitrogens with zero attached hydrogens (tertiary/aromatic N) is 1. The van der Waals surface area contributed by atoms with Crippen molar-refractivity contribution in [2.75, 3.05) is 19.6 Å². The summed E-state index contributed by atoms with van der Waals surface area (Å²) in [6, 6.07) is 10.5. The molecule has 0 atom stereocenters. The first-order valence-electron chi connectivity index (χ1n) is 7.97. The highest BCUT2D eigenvalue weighted by Gasteiger charge is 2.21. The molecule has 1 heterocycles. The summed E-state index contributed by atoms with van der Waals surface area (Å²) in [6.45, 7) is 1.95. The van der Waals surface area contributed by atoms with E-state index in [1.54, 1.807) is 0 Å². The van der Waals surface area contributed by atoms with Crippen LogP contribution in [0.4, 0.5) is 0 Å². The molecule has 5 nitrogen and oxygen atoms in total. The maximum Gasteiger partial charge on any atom is 0.231 e. The van der Waals surface area contributed by atoms with E-state index in [1.165, 1.54) is 5.56 Å². The van der Waals surface area contributed by atoms with Gasteiger partial charge in [-0.2, -0.15) is 0 Å². The molecule has 2 amide bonds. The number of benzene rings is 1. The minimum absolute atomic E-state index is 0.129. The Bertz CT molecular complexity index is 482. The Morgan fingerprint density at radius 2 is 1.86 bits per heavy atom. The first-order chi connectivity index (χ1) is 10.6. The highest BCUT2D eigenvalue weighted by atomic mass is 16.2. The van der Waals surface area contributed by atoms with Gasteiger partial charge in [-0.05, 0) is 31.2 Å². The molecule has 2 rings (SSSR count). The van der Waals surface area contributed by atoms with Gasteiger partial charge in [-0.25, -0.2) is 0 Å². The molecule has 0 aliphatic carbocycles. The molecule has 0 radical (unpaired) electrons. The minimum Gasteiger partial charge on any atom is -0.369 e. The molecule has 1 aliphatic heterocycles. The second-order valence-corrected chi connectivity index (χ2v) is 5.92. The molecule has 5 heteroatoms. The predicted molar refractivity (Wildman–Crippen MR) is 86.2 cm³/mol. The average Bonchev–Trinajstić information content (AvgIpc) is 2.50. The Kier molecular flexibility index (Phi) is 6.40. The number of primary amides is 1. The number of rotatable bonds is 7. The van der Waals surface area contributed by atoms with E-state index in [1.807, 2.05) is 23.1 Å². The number of aryl methyl sites for hydroxylation is 1. The molecule has 22 heavy (non-hydrogen) atoms. The van der Waals surface area contributed by atoms with Crippen LogP contribution in [0.5, 0.6) is 0 Å². The average molecular weight is 303 g/mol. The summed E-state index contributed by atoms with van der Waals surface area (Å²) in [5, 5.41) is 3.10. The van der Waals surface area contributed by atoms with E-state index in [0.29, 0.717) is 13.0 Å². The molecule has 0 saturated carbocycles. The fourth-order valence-corrected chi connectivity index (χ4v) is 2.85. The number of nitrogens with one attached hydrogen (secondary N) is 1. The quantitative estimate of drug-likeness (QED) is 0.791. The van der Waals surface area contributed by atoms with Gasteiger partial charge in [-0.1, -0.05) is 30.3 Å². The van der Waals surface area contributed by atoms with Crippen LogP contribution < -0.4 is 11.1 Å². The van der Waals surface area contributed by atoms with Crippen LogP contribution in [-0.4, -0.2) is 42.4 Å². The van der Waals surface area contributed by atoms with Crippen molar-refractivity contribution in [3.63, 3.8) is 0 Å². The topological polar surface area (TPSA) is 75.4 Å². The van der Waals surface area contributed by atoms with Crippen LogP contribution in [0.2, 0.25) is 0 Å². The summed E-state index contributed by atoms with van der Waals surface area (Å²) < 4.78 is 0. The fraction of sp³-hybridized carbons (Fsp3) is 0.529. The number of hydrogen-bond donors (Lipinski definition) is 2. The van der Waals surface area contributed by atoms with Crippen molar-refractivity contribution in [3.8, 4) is 0 Å². The Labute approximate surface area is 131 Å². The van der Waals surface area contributed by atoms with E-state index in [0.717, 1.165) is 38.8 Å². The van der Waals surface area contributed by atoms with Gasteiger partial charge in [-0.3, -0.25) is 14.5 Å². The Balaban J connectivity index is 1.61. The van der Waals surface area contributed by atoms with Gasteiger partial charge in [0.1, 0.15) is 0 Å². The van der Waals surface area contributed by atoms with E-state index >= 15 is 0 Å². The smallest absolute Gasteiger partial charge is 0.231 e. The van der Waals surface area contributed by atoms with E-state index in [2.05, 4.69) is 17.4 Å². The molecule has 0 aromatic heterocycles. The van der Waals surface area contributed by atoms with Crippen LogP contribution >= 0.6 is 0 Å². The molecule has 3 N–H and O–H groups in total. The third kappa shape index (κ3) is 5.85. The predicted octanol–water partition coefficient (Wildman–Crippen LogP) is 1.08. The first kappa shape index (κ1) is 16.5. The molecule has 0 bridgehead atoms. The SMILES string of the molecule is NC(=O)CN1CCC(NC(=O)CCCc2ccccc2)CC1. The number of hydrogen-bond acceptors (Lipinski definition) is 3.